The van der Waals surface area contributed by atoms with E-state index in [1.165, 1.54) is 0 Å². The molecule has 0 unspecified atom stereocenters. The monoisotopic (exact) mass is 314 g/mol. The second-order valence-electron chi connectivity index (χ2n) is 6.91. The lowest BCUT2D eigenvalue weighted by Crippen LogP contribution is -2.41. The molecule has 0 amide bonds. The van der Waals surface area contributed by atoms with Gasteiger partial charge < -0.3 is 14.0 Å². The highest BCUT2D eigenvalue weighted by atomic mass is 16.7. The molecule has 0 atom stereocenters. The Kier molecular flexibility index (Phi) is 3.85. The summed E-state index contributed by atoms with van der Waals surface area (Å²) in [5.41, 5.74) is 2.57. The first kappa shape index (κ1) is 16.2. The molecular weight excluding hydrogens is 291 g/mol. The van der Waals surface area contributed by atoms with Gasteiger partial charge in [0.2, 0.25) is 0 Å². The van der Waals surface area contributed by atoms with Crippen LogP contribution in [0.2, 0.25) is 0 Å². The molecule has 6 heteroatoms. The van der Waals surface area contributed by atoms with Crippen LogP contribution in [0.15, 0.2) is 18.3 Å². The molecule has 5 nitrogen and oxygen atoms in total. The predicted molar refractivity (Wildman–Crippen MR) is 91.2 cm³/mol. The van der Waals surface area contributed by atoms with E-state index in [0.29, 0.717) is 6.61 Å². The van der Waals surface area contributed by atoms with Crippen molar-refractivity contribution in [1.82, 2.24) is 9.97 Å². The summed E-state index contributed by atoms with van der Waals surface area (Å²) >= 11 is 0. The third-order valence-electron chi connectivity index (χ3n) is 4.60. The summed E-state index contributed by atoms with van der Waals surface area (Å²) in [5, 5.41) is 0. The van der Waals surface area contributed by atoms with Crippen LogP contribution in [0.5, 0.6) is 5.75 Å². The highest BCUT2D eigenvalue weighted by molar-refractivity contribution is 6.63. The van der Waals surface area contributed by atoms with E-state index in [1.807, 2.05) is 53.7 Å². The molecule has 1 aromatic heterocycles. The average Bonchev–Trinajstić information content (AvgIpc) is 2.67. The van der Waals surface area contributed by atoms with E-state index in [0.717, 1.165) is 27.9 Å². The number of aryl methyl sites for hydroxylation is 1. The quantitative estimate of drug-likeness (QED) is 0.815. The Balaban J connectivity index is 2.09. The fourth-order valence-corrected chi connectivity index (χ4v) is 2.58. The van der Waals surface area contributed by atoms with Gasteiger partial charge in [0, 0.05) is 17.7 Å². The maximum Gasteiger partial charge on any atom is 0.498 e. The van der Waals surface area contributed by atoms with Gasteiger partial charge in [0.25, 0.3) is 0 Å². The summed E-state index contributed by atoms with van der Waals surface area (Å²) in [5.74, 6) is 0.735. The first-order valence-corrected chi connectivity index (χ1v) is 7.99. The molecule has 0 radical (unpaired) electrons. The van der Waals surface area contributed by atoms with E-state index < -0.39 is 18.3 Å². The van der Waals surface area contributed by atoms with Gasteiger partial charge in [-0.1, -0.05) is 0 Å². The minimum atomic E-state index is -0.478. The molecule has 1 aliphatic rings. The fraction of sp³-hybridized carbons (Fsp3) is 0.529. The number of fused-ring (bicyclic) bond motifs is 1. The summed E-state index contributed by atoms with van der Waals surface area (Å²) in [7, 11) is -0.478. The van der Waals surface area contributed by atoms with Crippen molar-refractivity contribution in [2.24, 2.45) is 0 Å². The van der Waals surface area contributed by atoms with Crippen molar-refractivity contribution in [3.63, 3.8) is 0 Å². The molecule has 1 aliphatic heterocycles. The lowest BCUT2D eigenvalue weighted by atomic mass is 9.78. The van der Waals surface area contributed by atoms with Crippen molar-refractivity contribution >= 4 is 23.6 Å². The van der Waals surface area contributed by atoms with E-state index in [2.05, 4.69) is 9.97 Å². The molecule has 2 heterocycles. The molecule has 0 spiro atoms. The Bertz CT molecular complexity index is 730. The molecule has 1 aromatic carbocycles. The molecule has 0 N–H and O–H groups in total. The molecule has 2 aromatic rings. The van der Waals surface area contributed by atoms with Gasteiger partial charge in [-0.25, -0.2) is 4.98 Å². The number of benzene rings is 1. The number of aromatic nitrogens is 2. The number of hydrogen-bond donors (Lipinski definition) is 0. The second-order valence-corrected chi connectivity index (χ2v) is 6.91. The molecule has 3 rings (SSSR count). The fourth-order valence-electron chi connectivity index (χ4n) is 2.58. The number of nitrogens with zero attached hydrogens (tertiary/aromatic N) is 2. The van der Waals surface area contributed by atoms with E-state index in [9.17, 15) is 0 Å². The molecule has 1 saturated heterocycles. The maximum absolute atomic E-state index is 6.16. The van der Waals surface area contributed by atoms with Gasteiger partial charge in [0.1, 0.15) is 5.75 Å². The normalized spacial score (nSPS) is 19.3. The minimum Gasteiger partial charge on any atom is -0.494 e. The Labute approximate surface area is 137 Å². The highest BCUT2D eigenvalue weighted by Gasteiger charge is 2.52. The largest absolute Gasteiger partial charge is 0.498 e. The third kappa shape index (κ3) is 2.81. The van der Waals surface area contributed by atoms with Gasteiger partial charge in [-0.2, -0.15) is 0 Å². The van der Waals surface area contributed by atoms with Gasteiger partial charge >= 0.3 is 7.12 Å². The van der Waals surface area contributed by atoms with Crippen LogP contribution >= 0.6 is 0 Å². The van der Waals surface area contributed by atoms with Crippen LogP contribution in [0.1, 0.15) is 40.3 Å². The summed E-state index contributed by atoms with van der Waals surface area (Å²) in [6.07, 6.45) is 1.76. The van der Waals surface area contributed by atoms with Gasteiger partial charge in [-0.3, -0.25) is 4.98 Å². The van der Waals surface area contributed by atoms with Crippen LogP contribution < -0.4 is 10.2 Å². The Morgan fingerprint density at radius 1 is 1.09 bits per heavy atom. The van der Waals surface area contributed by atoms with Crippen LogP contribution in [-0.4, -0.2) is 34.9 Å². The van der Waals surface area contributed by atoms with Crippen molar-refractivity contribution in [1.29, 1.82) is 0 Å². The standard InChI is InChI=1S/C17H23BN2O3/c1-7-21-15-9-14-13(19-10-11(2)20-14)8-12(15)18-22-16(3,4)17(5,6)23-18/h8-10H,7H2,1-6H3. The minimum absolute atomic E-state index is 0.394. The Morgan fingerprint density at radius 2 is 1.74 bits per heavy atom. The van der Waals surface area contributed by atoms with Gasteiger partial charge in [-0.05, 0) is 47.6 Å². The van der Waals surface area contributed by atoms with Gasteiger partial charge in [0.05, 0.1) is 34.5 Å². The van der Waals surface area contributed by atoms with Crippen LogP contribution in [0.3, 0.4) is 0 Å². The van der Waals surface area contributed by atoms with Crippen LogP contribution in [0.25, 0.3) is 11.0 Å². The Hall–Kier alpha value is -1.66. The summed E-state index contributed by atoms with van der Waals surface area (Å²) in [6, 6.07) is 3.87. The van der Waals surface area contributed by atoms with Crippen molar-refractivity contribution in [3.8, 4) is 5.75 Å². The predicted octanol–water partition coefficient (Wildman–Crippen LogP) is 2.64. The number of rotatable bonds is 3. The number of ether oxygens (including phenoxy) is 1. The summed E-state index contributed by atoms with van der Waals surface area (Å²) in [6.45, 7) is 12.6. The molecule has 1 fully saturated rings. The summed E-state index contributed by atoms with van der Waals surface area (Å²) in [4.78, 5) is 8.98. The van der Waals surface area contributed by atoms with E-state index >= 15 is 0 Å². The molecule has 0 aliphatic carbocycles. The van der Waals surface area contributed by atoms with Crippen molar-refractivity contribution in [3.05, 3.63) is 24.0 Å². The van der Waals surface area contributed by atoms with E-state index in [4.69, 9.17) is 14.0 Å². The highest BCUT2D eigenvalue weighted by Crippen LogP contribution is 2.37. The van der Waals surface area contributed by atoms with Crippen LogP contribution in [-0.2, 0) is 9.31 Å². The van der Waals surface area contributed by atoms with Gasteiger partial charge in [-0.15, -0.1) is 0 Å². The van der Waals surface area contributed by atoms with Crippen molar-refractivity contribution in [2.45, 2.75) is 52.7 Å². The lowest BCUT2D eigenvalue weighted by molar-refractivity contribution is 0.00578. The molecule has 23 heavy (non-hydrogen) atoms. The molecule has 122 valence electrons. The molecule has 0 bridgehead atoms. The van der Waals surface area contributed by atoms with Gasteiger partial charge in [0.15, 0.2) is 0 Å². The first-order valence-electron chi connectivity index (χ1n) is 7.99. The van der Waals surface area contributed by atoms with Crippen molar-refractivity contribution < 1.29 is 14.0 Å². The van der Waals surface area contributed by atoms with Crippen LogP contribution in [0, 0.1) is 6.92 Å². The topological polar surface area (TPSA) is 53.5 Å². The number of hydrogen-bond acceptors (Lipinski definition) is 5. The first-order chi connectivity index (χ1) is 10.7. The third-order valence-corrected chi connectivity index (χ3v) is 4.60. The summed E-state index contributed by atoms with van der Waals surface area (Å²) < 4.78 is 18.1. The maximum atomic E-state index is 6.16. The Morgan fingerprint density at radius 3 is 2.35 bits per heavy atom. The lowest BCUT2D eigenvalue weighted by Gasteiger charge is -2.32. The zero-order valence-corrected chi connectivity index (χ0v) is 14.6. The average molecular weight is 314 g/mol. The molecule has 0 saturated carbocycles. The smallest absolute Gasteiger partial charge is 0.494 e. The van der Waals surface area contributed by atoms with E-state index in [1.54, 1.807) is 6.20 Å². The van der Waals surface area contributed by atoms with E-state index in [-0.39, 0.29) is 0 Å². The zero-order valence-electron chi connectivity index (χ0n) is 14.6. The van der Waals surface area contributed by atoms with Crippen molar-refractivity contribution in [2.75, 3.05) is 6.61 Å². The molecular formula is C17H23BN2O3. The zero-order chi connectivity index (χ0) is 16.8. The SMILES string of the molecule is CCOc1cc2nc(C)cnc2cc1B1OC(C)(C)C(C)(C)O1. The second kappa shape index (κ2) is 5.46. The van der Waals surface area contributed by atoms with Crippen LogP contribution in [0.4, 0.5) is 0 Å².